The molecule has 0 heterocycles. The SMILES string of the molecule is COc1ccc(C(=O)Oc2ccc(Br)cc2/C=N/NC(=O)C(C)Oc2ccc([N+](=O)[O-])cc2)cc1OC. The summed E-state index contributed by atoms with van der Waals surface area (Å²) in [5.41, 5.74) is 2.91. The molecule has 12 heteroatoms. The van der Waals surface area contributed by atoms with E-state index in [4.69, 9.17) is 18.9 Å². The maximum Gasteiger partial charge on any atom is 0.343 e. The number of carbonyl (C=O) groups excluding carboxylic acids is 2. The average molecular weight is 572 g/mol. The van der Waals surface area contributed by atoms with Crippen LogP contribution in [0.25, 0.3) is 0 Å². The van der Waals surface area contributed by atoms with Crippen LogP contribution in [0.2, 0.25) is 0 Å². The Morgan fingerprint density at radius 2 is 1.68 bits per heavy atom. The zero-order valence-electron chi connectivity index (χ0n) is 20.0. The van der Waals surface area contributed by atoms with E-state index in [1.54, 1.807) is 30.3 Å². The van der Waals surface area contributed by atoms with Gasteiger partial charge in [-0.05, 0) is 55.5 Å². The first-order chi connectivity index (χ1) is 17.7. The van der Waals surface area contributed by atoms with Crippen molar-refractivity contribution in [3.05, 3.63) is 86.4 Å². The fraction of sp³-hybridized carbons (Fsp3) is 0.160. The number of nitro benzene ring substituents is 1. The summed E-state index contributed by atoms with van der Waals surface area (Å²) >= 11 is 3.36. The first kappa shape index (κ1) is 27.1. The molecule has 11 nitrogen and oxygen atoms in total. The van der Waals surface area contributed by atoms with E-state index in [9.17, 15) is 19.7 Å². The van der Waals surface area contributed by atoms with E-state index in [0.29, 0.717) is 21.5 Å². The normalized spacial score (nSPS) is 11.5. The number of benzene rings is 3. The van der Waals surface area contributed by atoms with Crippen molar-refractivity contribution in [3.63, 3.8) is 0 Å². The molecule has 3 aromatic rings. The predicted octanol–water partition coefficient (Wildman–Crippen LogP) is 4.51. The number of amides is 1. The number of hydrogen-bond donors (Lipinski definition) is 1. The molecule has 0 aromatic heterocycles. The van der Waals surface area contributed by atoms with Crippen molar-refractivity contribution in [2.24, 2.45) is 5.10 Å². The molecule has 0 aliphatic rings. The van der Waals surface area contributed by atoms with Gasteiger partial charge in [0.15, 0.2) is 17.6 Å². The molecule has 192 valence electrons. The lowest BCUT2D eigenvalue weighted by molar-refractivity contribution is -0.384. The van der Waals surface area contributed by atoms with Crippen LogP contribution in [0.1, 0.15) is 22.8 Å². The van der Waals surface area contributed by atoms with E-state index in [1.165, 1.54) is 57.7 Å². The molecule has 0 radical (unpaired) electrons. The highest BCUT2D eigenvalue weighted by Crippen LogP contribution is 2.29. The first-order valence-electron chi connectivity index (χ1n) is 10.7. The van der Waals surface area contributed by atoms with E-state index in [-0.39, 0.29) is 22.7 Å². The molecule has 37 heavy (non-hydrogen) atoms. The van der Waals surface area contributed by atoms with Gasteiger partial charge in [0.2, 0.25) is 0 Å². The van der Waals surface area contributed by atoms with E-state index >= 15 is 0 Å². The number of halogens is 1. The minimum absolute atomic E-state index is 0.0919. The number of methoxy groups -OCH3 is 2. The van der Waals surface area contributed by atoms with Gasteiger partial charge in [0, 0.05) is 22.2 Å². The zero-order valence-corrected chi connectivity index (χ0v) is 21.6. The summed E-state index contributed by atoms with van der Waals surface area (Å²) in [7, 11) is 2.95. The van der Waals surface area contributed by atoms with Gasteiger partial charge in [0.1, 0.15) is 11.5 Å². The lowest BCUT2D eigenvalue weighted by atomic mass is 10.2. The fourth-order valence-electron chi connectivity index (χ4n) is 3.00. The summed E-state index contributed by atoms with van der Waals surface area (Å²) in [6, 6.07) is 14.9. The van der Waals surface area contributed by atoms with Gasteiger partial charge in [-0.25, -0.2) is 10.2 Å². The number of ether oxygens (including phenoxy) is 4. The quantitative estimate of drug-likeness (QED) is 0.123. The maximum absolute atomic E-state index is 12.7. The van der Waals surface area contributed by atoms with Gasteiger partial charge in [0.05, 0.1) is 30.9 Å². The minimum Gasteiger partial charge on any atom is -0.493 e. The van der Waals surface area contributed by atoms with Crippen LogP contribution < -0.4 is 24.4 Å². The topological polar surface area (TPSA) is 139 Å². The molecule has 3 aromatic carbocycles. The molecule has 3 rings (SSSR count). The lowest BCUT2D eigenvalue weighted by Crippen LogP contribution is -2.33. The van der Waals surface area contributed by atoms with E-state index in [1.807, 2.05) is 0 Å². The molecule has 0 saturated heterocycles. The van der Waals surface area contributed by atoms with Gasteiger partial charge in [-0.15, -0.1) is 0 Å². The van der Waals surface area contributed by atoms with Crippen LogP contribution in [0.4, 0.5) is 5.69 Å². The Kier molecular flexibility index (Phi) is 9.16. The van der Waals surface area contributed by atoms with Gasteiger partial charge >= 0.3 is 5.97 Å². The molecule has 0 bridgehead atoms. The number of esters is 1. The second-order valence-corrected chi connectivity index (χ2v) is 8.30. The molecular formula is C25H22BrN3O8. The third kappa shape index (κ3) is 7.27. The second kappa shape index (κ2) is 12.5. The van der Waals surface area contributed by atoms with Crippen LogP contribution in [-0.2, 0) is 4.79 Å². The molecule has 0 aliphatic carbocycles. The molecule has 0 saturated carbocycles. The Morgan fingerprint density at radius 3 is 2.32 bits per heavy atom. The third-order valence-electron chi connectivity index (χ3n) is 4.90. The highest BCUT2D eigenvalue weighted by atomic mass is 79.9. The zero-order chi connectivity index (χ0) is 26.9. The molecule has 0 fully saturated rings. The average Bonchev–Trinajstić information content (AvgIpc) is 2.89. The lowest BCUT2D eigenvalue weighted by Gasteiger charge is -2.13. The van der Waals surface area contributed by atoms with Gasteiger partial charge in [-0.3, -0.25) is 14.9 Å². The monoisotopic (exact) mass is 571 g/mol. The van der Waals surface area contributed by atoms with Crippen LogP contribution in [-0.4, -0.2) is 43.3 Å². The van der Waals surface area contributed by atoms with Crippen molar-refractivity contribution in [3.8, 4) is 23.0 Å². The first-order valence-corrected chi connectivity index (χ1v) is 11.5. The highest BCUT2D eigenvalue weighted by molar-refractivity contribution is 9.10. The van der Waals surface area contributed by atoms with Gasteiger partial charge < -0.3 is 18.9 Å². The van der Waals surface area contributed by atoms with E-state index < -0.39 is 22.9 Å². The Hall–Kier alpha value is -4.45. The van der Waals surface area contributed by atoms with Crippen molar-refractivity contribution in [2.75, 3.05) is 14.2 Å². The van der Waals surface area contributed by atoms with E-state index in [0.717, 1.165) is 0 Å². The van der Waals surface area contributed by atoms with Crippen LogP contribution in [0.5, 0.6) is 23.0 Å². The van der Waals surface area contributed by atoms with Crippen molar-refractivity contribution >= 4 is 39.7 Å². The molecule has 1 atom stereocenters. The molecular weight excluding hydrogens is 550 g/mol. The summed E-state index contributed by atoms with van der Waals surface area (Å²) in [5.74, 6) is 0.144. The summed E-state index contributed by atoms with van der Waals surface area (Å²) < 4.78 is 22.1. The van der Waals surface area contributed by atoms with E-state index in [2.05, 4.69) is 26.5 Å². The summed E-state index contributed by atoms with van der Waals surface area (Å²) in [5, 5.41) is 14.7. The standard InChI is InChI=1S/C25H22BrN3O8/c1-15(36-20-8-6-19(7-9-20)29(32)33)24(30)28-27-14-17-12-18(26)5-11-21(17)37-25(31)16-4-10-22(34-2)23(13-16)35-3/h4-15H,1-3H3,(H,28,30)/b27-14+. The number of non-ortho nitro benzene ring substituents is 1. The van der Waals surface area contributed by atoms with Crippen LogP contribution >= 0.6 is 15.9 Å². The van der Waals surface area contributed by atoms with Crippen molar-refractivity contribution in [1.29, 1.82) is 0 Å². The van der Waals surface area contributed by atoms with Gasteiger partial charge in [-0.2, -0.15) is 5.10 Å². The Labute approximate surface area is 220 Å². The van der Waals surface area contributed by atoms with Crippen LogP contribution in [0, 0.1) is 10.1 Å². The Morgan fingerprint density at radius 1 is 1.00 bits per heavy atom. The number of nitrogens with one attached hydrogen (secondary N) is 1. The maximum atomic E-state index is 12.7. The van der Waals surface area contributed by atoms with Crippen molar-refractivity contribution in [2.45, 2.75) is 13.0 Å². The van der Waals surface area contributed by atoms with Gasteiger partial charge in [0.25, 0.3) is 11.6 Å². The minimum atomic E-state index is -0.941. The third-order valence-corrected chi connectivity index (χ3v) is 5.39. The summed E-state index contributed by atoms with van der Waals surface area (Å²) in [6.45, 7) is 1.50. The summed E-state index contributed by atoms with van der Waals surface area (Å²) in [6.07, 6.45) is 0.377. The molecule has 1 unspecified atom stereocenters. The Balaban J connectivity index is 1.66. The van der Waals surface area contributed by atoms with Crippen LogP contribution in [0.3, 0.4) is 0 Å². The van der Waals surface area contributed by atoms with Crippen molar-refractivity contribution < 1.29 is 33.5 Å². The largest absolute Gasteiger partial charge is 0.493 e. The van der Waals surface area contributed by atoms with Crippen LogP contribution in [0.15, 0.2) is 70.2 Å². The molecule has 0 spiro atoms. The number of nitro groups is 1. The fourth-order valence-corrected chi connectivity index (χ4v) is 3.37. The van der Waals surface area contributed by atoms with Crippen molar-refractivity contribution in [1.82, 2.24) is 5.43 Å². The Bertz CT molecular complexity index is 1330. The smallest absolute Gasteiger partial charge is 0.343 e. The second-order valence-electron chi connectivity index (χ2n) is 7.39. The predicted molar refractivity (Wildman–Crippen MR) is 138 cm³/mol. The number of hydrazone groups is 1. The molecule has 1 N–H and O–H groups in total. The van der Waals surface area contributed by atoms with Gasteiger partial charge in [-0.1, -0.05) is 15.9 Å². The molecule has 0 aliphatic heterocycles. The molecule has 1 amide bonds. The highest BCUT2D eigenvalue weighted by Gasteiger charge is 2.17. The number of hydrogen-bond acceptors (Lipinski definition) is 9. The number of carbonyl (C=O) groups is 2. The number of nitrogens with zero attached hydrogens (tertiary/aromatic N) is 2. The summed E-state index contributed by atoms with van der Waals surface area (Å²) in [4.78, 5) is 35.3. The number of rotatable bonds is 10.